The zero-order chi connectivity index (χ0) is 23.6. The van der Waals surface area contributed by atoms with E-state index in [0.717, 1.165) is 28.7 Å². The Hall–Kier alpha value is -3.35. The summed E-state index contributed by atoms with van der Waals surface area (Å²) in [5.41, 5.74) is 3.26. The van der Waals surface area contributed by atoms with Gasteiger partial charge in [0.15, 0.2) is 0 Å². The van der Waals surface area contributed by atoms with E-state index in [0.29, 0.717) is 19.3 Å². The summed E-state index contributed by atoms with van der Waals surface area (Å²) in [5, 5.41) is 14.8. The number of carbonyl (C=O) groups excluding carboxylic acids is 2. The third-order valence-electron chi connectivity index (χ3n) is 6.64. The van der Waals surface area contributed by atoms with Crippen molar-refractivity contribution in [3.05, 3.63) is 59.7 Å². The molecule has 0 spiro atoms. The van der Waals surface area contributed by atoms with Gasteiger partial charge in [-0.3, -0.25) is 4.79 Å². The Bertz CT molecular complexity index is 1010. The summed E-state index contributed by atoms with van der Waals surface area (Å²) in [4.78, 5) is 37.2. The minimum Gasteiger partial charge on any atom is -0.480 e. The van der Waals surface area contributed by atoms with E-state index in [1.807, 2.05) is 50.2 Å². The lowest BCUT2D eigenvalue weighted by Crippen LogP contribution is -2.62. The molecule has 2 aliphatic rings. The first-order chi connectivity index (χ1) is 15.8. The third kappa shape index (κ3) is 4.58. The fourth-order valence-corrected chi connectivity index (χ4v) is 4.73. The molecule has 1 atom stereocenters. The Morgan fingerprint density at radius 3 is 2.09 bits per heavy atom. The number of rotatable bonds is 8. The van der Waals surface area contributed by atoms with Crippen LogP contribution < -0.4 is 10.6 Å². The second-order valence-electron chi connectivity index (χ2n) is 9.38. The molecule has 0 aliphatic heterocycles. The van der Waals surface area contributed by atoms with Gasteiger partial charge in [0.1, 0.15) is 18.2 Å². The highest BCUT2D eigenvalue weighted by Crippen LogP contribution is 2.44. The van der Waals surface area contributed by atoms with Gasteiger partial charge in [0, 0.05) is 5.92 Å². The number of hydrogen-bond donors (Lipinski definition) is 3. The number of alkyl carbamates (subject to hydrolysis) is 1. The zero-order valence-electron chi connectivity index (χ0n) is 19.0. The molecule has 2 aliphatic carbocycles. The minimum absolute atomic E-state index is 0.0780. The molecule has 2 amide bonds. The molecule has 0 heterocycles. The average molecular weight is 451 g/mol. The predicted octanol–water partition coefficient (Wildman–Crippen LogP) is 4.06. The summed E-state index contributed by atoms with van der Waals surface area (Å²) in [5.74, 6) is -1.48. The first kappa shape index (κ1) is 22.8. The second-order valence-corrected chi connectivity index (χ2v) is 9.38. The number of carbonyl (C=O) groups is 3. The number of hydrogen-bond acceptors (Lipinski definition) is 4. The van der Waals surface area contributed by atoms with E-state index < -0.39 is 29.6 Å². The van der Waals surface area contributed by atoms with Crippen LogP contribution in [0.5, 0.6) is 0 Å². The van der Waals surface area contributed by atoms with Crippen molar-refractivity contribution in [1.29, 1.82) is 0 Å². The smallest absolute Gasteiger partial charge is 0.407 e. The fraction of sp³-hybridized carbons (Fsp3) is 0.423. The van der Waals surface area contributed by atoms with E-state index >= 15 is 0 Å². The summed E-state index contributed by atoms with van der Waals surface area (Å²) in [6, 6.07) is 15.3. The predicted molar refractivity (Wildman–Crippen MR) is 124 cm³/mol. The van der Waals surface area contributed by atoms with Gasteiger partial charge >= 0.3 is 12.1 Å². The molecular weight excluding hydrogens is 420 g/mol. The van der Waals surface area contributed by atoms with Gasteiger partial charge in [0.25, 0.3) is 0 Å². The van der Waals surface area contributed by atoms with E-state index in [-0.39, 0.29) is 18.4 Å². The van der Waals surface area contributed by atoms with Gasteiger partial charge in [-0.15, -0.1) is 0 Å². The maximum Gasteiger partial charge on any atom is 0.407 e. The largest absolute Gasteiger partial charge is 0.480 e. The second kappa shape index (κ2) is 9.25. The van der Waals surface area contributed by atoms with Gasteiger partial charge in [-0.25, -0.2) is 9.59 Å². The van der Waals surface area contributed by atoms with Crippen molar-refractivity contribution in [1.82, 2.24) is 10.6 Å². The first-order valence-corrected chi connectivity index (χ1v) is 11.5. The van der Waals surface area contributed by atoms with Gasteiger partial charge in [-0.1, -0.05) is 62.4 Å². The molecule has 7 nitrogen and oxygen atoms in total. The van der Waals surface area contributed by atoms with E-state index in [1.165, 1.54) is 0 Å². The van der Waals surface area contributed by atoms with Gasteiger partial charge in [0.05, 0.1) is 0 Å². The SMILES string of the molecule is CC(C)C[C@@H](NC(=O)OCC1c2ccccc2-c2ccccc21)C(=O)NC1(C(=O)O)CCC1. The highest BCUT2D eigenvalue weighted by Gasteiger charge is 2.46. The lowest BCUT2D eigenvalue weighted by atomic mass is 9.76. The van der Waals surface area contributed by atoms with Gasteiger partial charge < -0.3 is 20.5 Å². The first-order valence-electron chi connectivity index (χ1n) is 11.5. The molecule has 4 rings (SSSR count). The van der Waals surface area contributed by atoms with Crippen LogP contribution in [0.1, 0.15) is 56.6 Å². The highest BCUT2D eigenvalue weighted by atomic mass is 16.5. The molecule has 1 saturated carbocycles. The van der Waals surface area contributed by atoms with Crippen LogP contribution in [0.2, 0.25) is 0 Å². The van der Waals surface area contributed by atoms with E-state index in [1.54, 1.807) is 0 Å². The number of carboxylic acids is 1. The minimum atomic E-state index is -1.23. The maximum absolute atomic E-state index is 12.9. The number of aliphatic carboxylic acids is 1. The lowest BCUT2D eigenvalue weighted by Gasteiger charge is -2.39. The van der Waals surface area contributed by atoms with Crippen molar-refractivity contribution in [2.75, 3.05) is 6.61 Å². The van der Waals surface area contributed by atoms with Gasteiger partial charge in [0.2, 0.25) is 5.91 Å². The highest BCUT2D eigenvalue weighted by molar-refractivity contribution is 5.92. The van der Waals surface area contributed by atoms with Crippen molar-refractivity contribution in [2.24, 2.45) is 5.92 Å². The van der Waals surface area contributed by atoms with E-state index in [9.17, 15) is 19.5 Å². The Labute approximate surface area is 193 Å². The molecule has 0 unspecified atom stereocenters. The molecule has 0 aromatic heterocycles. The number of ether oxygens (including phenoxy) is 1. The van der Waals surface area contributed by atoms with Crippen LogP contribution in [0.3, 0.4) is 0 Å². The van der Waals surface area contributed by atoms with Crippen molar-refractivity contribution in [2.45, 2.75) is 57.0 Å². The molecule has 1 fully saturated rings. The topological polar surface area (TPSA) is 105 Å². The van der Waals surface area contributed by atoms with E-state index in [4.69, 9.17) is 4.74 Å². The maximum atomic E-state index is 12.9. The van der Waals surface area contributed by atoms with Crippen LogP contribution in [0.4, 0.5) is 4.79 Å². The molecule has 2 aromatic carbocycles. The van der Waals surface area contributed by atoms with Crippen LogP contribution >= 0.6 is 0 Å². The Balaban J connectivity index is 1.42. The molecule has 0 saturated heterocycles. The quantitative estimate of drug-likeness (QED) is 0.563. The van der Waals surface area contributed by atoms with Crippen LogP contribution in [-0.4, -0.2) is 41.3 Å². The number of fused-ring (bicyclic) bond motifs is 3. The number of carboxylic acid groups (broad SMARTS) is 1. The summed E-state index contributed by atoms with van der Waals surface area (Å²) in [7, 11) is 0. The van der Waals surface area contributed by atoms with Crippen LogP contribution in [0.25, 0.3) is 11.1 Å². The Morgan fingerprint density at radius 1 is 1.03 bits per heavy atom. The Kier molecular flexibility index (Phi) is 6.40. The normalized spacial score (nSPS) is 16.8. The van der Waals surface area contributed by atoms with Crippen molar-refractivity contribution < 1.29 is 24.2 Å². The van der Waals surface area contributed by atoms with Crippen molar-refractivity contribution >= 4 is 18.0 Å². The molecule has 3 N–H and O–H groups in total. The number of amides is 2. The molecule has 2 aromatic rings. The third-order valence-corrected chi connectivity index (χ3v) is 6.64. The monoisotopic (exact) mass is 450 g/mol. The molecule has 7 heteroatoms. The van der Waals surface area contributed by atoms with Crippen LogP contribution in [-0.2, 0) is 14.3 Å². The fourth-order valence-electron chi connectivity index (χ4n) is 4.73. The summed E-state index contributed by atoms with van der Waals surface area (Å²) < 4.78 is 5.57. The molecule has 33 heavy (non-hydrogen) atoms. The summed E-state index contributed by atoms with van der Waals surface area (Å²) in [6.07, 6.45) is 1.24. The van der Waals surface area contributed by atoms with Crippen molar-refractivity contribution in [3.63, 3.8) is 0 Å². The summed E-state index contributed by atoms with van der Waals surface area (Å²) >= 11 is 0. The van der Waals surface area contributed by atoms with Crippen LogP contribution in [0, 0.1) is 5.92 Å². The molecule has 174 valence electrons. The summed E-state index contributed by atoms with van der Waals surface area (Å²) in [6.45, 7) is 4.03. The van der Waals surface area contributed by atoms with Crippen molar-refractivity contribution in [3.8, 4) is 11.1 Å². The van der Waals surface area contributed by atoms with Gasteiger partial charge in [-0.05, 0) is 53.9 Å². The standard InChI is InChI=1S/C26H30N2O5/c1-16(2)14-22(23(29)28-26(24(30)31)12-7-13-26)27-25(32)33-15-21-19-10-5-3-8-17(19)18-9-4-6-11-20(18)21/h3-6,8-11,16,21-22H,7,12-15H2,1-2H3,(H,27,32)(H,28,29)(H,30,31)/t22-/m1/s1. The lowest BCUT2D eigenvalue weighted by molar-refractivity contribution is -0.152. The Morgan fingerprint density at radius 2 is 1.61 bits per heavy atom. The average Bonchev–Trinajstić information content (AvgIpc) is 3.07. The molecule has 0 bridgehead atoms. The molecule has 0 radical (unpaired) electrons. The zero-order valence-corrected chi connectivity index (χ0v) is 19.0. The number of nitrogens with one attached hydrogen (secondary N) is 2. The molecular formula is C26H30N2O5. The van der Waals surface area contributed by atoms with E-state index in [2.05, 4.69) is 22.8 Å². The number of benzene rings is 2. The van der Waals surface area contributed by atoms with Gasteiger partial charge in [-0.2, -0.15) is 0 Å². The van der Waals surface area contributed by atoms with Crippen LogP contribution in [0.15, 0.2) is 48.5 Å².